The lowest BCUT2D eigenvalue weighted by Crippen LogP contribution is -2.22. The molecule has 2 aromatic heterocycles. The Bertz CT molecular complexity index is 792. The van der Waals surface area contributed by atoms with Crippen molar-refractivity contribution >= 4 is 40.3 Å². The zero-order chi connectivity index (χ0) is 16.2. The topological polar surface area (TPSA) is 42.0 Å². The molecule has 3 rings (SSSR count). The second kappa shape index (κ2) is 7.29. The lowest BCUT2D eigenvalue weighted by Gasteiger charge is -2.05. The molecule has 0 saturated carbocycles. The molecule has 0 saturated heterocycles. The molecule has 1 amide bonds. The van der Waals surface area contributed by atoms with Crippen molar-refractivity contribution in [2.24, 2.45) is 0 Å². The number of benzene rings is 1. The predicted molar refractivity (Wildman–Crippen MR) is 99.6 cm³/mol. The first-order chi connectivity index (χ1) is 11.2. The number of rotatable bonds is 5. The van der Waals surface area contributed by atoms with Crippen LogP contribution in [-0.4, -0.2) is 17.1 Å². The molecule has 23 heavy (non-hydrogen) atoms. The average Bonchev–Trinajstić information content (AvgIpc) is 3.22. The number of thiazole rings is 1. The van der Waals surface area contributed by atoms with E-state index in [0.29, 0.717) is 11.4 Å². The van der Waals surface area contributed by atoms with Crippen molar-refractivity contribution in [3.8, 4) is 9.88 Å². The van der Waals surface area contributed by atoms with Gasteiger partial charge in [0.2, 0.25) is 0 Å². The third-order valence-corrected chi connectivity index (χ3v) is 6.29. The Morgan fingerprint density at radius 2 is 2.04 bits per heavy atom. The smallest absolute Gasteiger partial charge is 0.263 e. The van der Waals surface area contributed by atoms with E-state index >= 15 is 0 Å². The van der Waals surface area contributed by atoms with Gasteiger partial charge in [-0.25, -0.2) is 4.98 Å². The summed E-state index contributed by atoms with van der Waals surface area (Å²) in [4.78, 5) is 19.9. The molecule has 3 aromatic rings. The minimum absolute atomic E-state index is 0.0586. The van der Waals surface area contributed by atoms with Gasteiger partial charge in [0.25, 0.3) is 5.91 Å². The van der Waals surface area contributed by atoms with Crippen molar-refractivity contribution in [2.75, 3.05) is 6.26 Å². The SMILES string of the molecule is CSc1ccc(CNC(=O)c2sc(-c3cccs3)nc2C)cc1. The van der Waals surface area contributed by atoms with Crippen LogP contribution in [0.3, 0.4) is 0 Å². The van der Waals surface area contributed by atoms with Gasteiger partial charge in [-0.15, -0.1) is 34.4 Å². The number of aromatic nitrogens is 1. The molecule has 0 atom stereocenters. The molecule has 3 nitrogen and oxygen atoms in total. The van der Waals surface area contributed by atoms with Gasteiger partial charge in [0.1, 0.15) is 9.88 Å². The number of nitrogens with zero attached hydrogens (tertiary/aromatic N) is 1. The monoisotopic (exact) mass is 360 g/mol. The van der Waals surface area contributed by atoms with Crippen LogP contribution in [-0.2, 0) is 6.54 Å². The fraction of sp³-hybridized carbons (Fsp3) is 0.176. The summed E-state index contributed by atoms with van der Waals surface area (Å²) in [6, 6.07) is 12.2. The minimum Gasteiger partial charge on any atom is -0.347 e. The highest BCUT2D eigenvalue weighted by Gasteiger charge is 2.16. The second-order valence-electron chi connectivity index (χ2n) is 4.94. The number of thioether (sulfide) groups is 1. The van der Waals surface area contributed by atoms with Gasteiger partial charge in [0.15, 0.2) is 0 Å². The van der Waals surface area contributed by atoms with Gasteiger partial charge in [0, 0.05) is 11.4 Å². The Morgan fingerprint density at radius 1 is 1.26 bits per heavy atom. The fourth-order valence-electron chi connectivity index (χ4n) is 2.12. The zero-order valence-corrected chi connectivity index (χ0v) is 15.3. The lowest BCUT2D eigenvalue weighted by molar-refractivity contribution is 0.0954. The molecule has 0 unspecified atom stereocenters. The Hall–Kier alpha value is -1.63. The van der Waals surface area contributed by atoms with Crippen LogP contribution >= 0.6 is 34.4 Å². The summed E-state index contributed by atoms with van der Waals surface area (Å²) in [6.07, 6.45) is 2.05. The van der Waals surface area contributed by atoms with E-state index in [-0.39, 0.29) is 5.91 Å². The Balaban J connectivity index is 1.68. The summed E-state index contributed by atoms with van der Waals surface area (Å²) in [6.45, 7) is 2.41. The summed E-state index contributed by atoms with van der Waals surface area (Å²) in [5, 5.41) is 5.91. The van der Waals surface area contributed by atoms with E-state index in [0.717, 1.165) is 21.1 Å². The summed E-state index contributed by atoms with van der Waals surface area (Å²) >= 11 is 4.80. The lowest BCUT2D eigenvalue weighted by atomic mass is 10.2. The first-order valence-electron chi connectivity index (χ1n) is 7.10. The van der Waals surface area contributed by atoms with Crippen molar-refractivity contribution in [3.63, 3.8) is 0 Å². The maximum Gasteiger partial charge on any atom is 0.263 e. The van der Waals surface area contributed by atoms with E-state index in [1.165, 1.54) is 16.2 Å². The van der Waals surface area contributed by atoms with Gasteiger partial charge in [-0.05, 0) is 42.3 Å². The molecule has 0 radical (unpaired) electrons. The van der Waals surface area contributed by atoms with E-state index in [9.17, 15) is 4.79 Å². The number of amides is 1. The van der Waals surface area contributed by atoms with Crippen LogP contribution in [0.1, 0.15) is 20.9 Å². The fourth-order valence-corrected chi connectivity index (χ4v) is 4.31. The van der Waals surface area contributed by atoms with Gasteiger partial charge in [-0.1, -0.05) is 18.2 Å². The summed E-state index contributed by atoms with van der Waals surface area (Å²) < 4.78 is 0. The molecule has 0 fully saturated rings. The first kappa shape index (κ1) is 16.2. The van der Waals surface area contributed by atoms with Crippen LogP contribution in [0.15, 0.2) is 46.7 Å². The molecule has 1 N–H and O–H groups in total. The quantitative estimate of drug-likeness (QED) is 0.663. The molecule has 6 heteroatoms. The van der Waals surface area contributed by atoms with Gasteiger partial charge >= 0.3 is 0 Å². The van der Waals surface area contributed by atoms with Crippen LogP contribution in [0.25, 0.3) is 9.88 Å². The summed E-state index contributed by atoms with van der Waals surface area (Å²) in [7, 11) is 0. The number of hydrogen-bond donors (Lipinski definition) is 1. The Labute approximate surface area is 147 Å². The number of carbonyl (C=O) groups is 1. The molecule has 2 heterocycles. The van der Waals surface area contributed by atoms with Gasteiger partial charge < -0.3 is 5.32 Å². The van der Waals surface area contributed by atoms with Crippen LogP contribution in [0.5, 0.6) is 0 Å². The predicted octanol–water partition coefficient (Wildman–Crippen LogP) is 4.83. The van der Waals surface area contributed by atoms with E-state index in [1.807, 2.05) is 36.6 Å². The third-order valence-electron chi connectivity index (χ3n) is 3.35. The number of aryl methyl sites for hydroxylation is 1. The van der Waals surface area contributed by atoms with E-state index in [2.05, 4.69) is 28.7 Å². The van der Waals surface area contributed by atoms with E-state index < -0.39 is 0 Å². The molecule has 0 spiro atoms. The van der Waals surface area contributed by atoms with Crippen LogP contribution in [0.4, 0.5) is 0 Å². The second-order valence-corrected chi connectivity index (χ2v) is 7.77. The van der Waals surface area contributed by atoms with Crippen LogP contribution in [0.2, 0.25) is 0 Å². The van der Waals surface area contributed by atoms with Gasteiger partial charge in [0.05, 0.1) is 10.6 Å². The average molecular weight is 361 g/mol. The number of thiophene rings is 1. The van der Waals surface area contributed by atoms with E-state index in [1.54, 1.807) is 23.1 Å². The number of hydrogen-bond acceptors (Lipinski definition) is 5. The Kier molecular flexibility index (Phi) is 5.15. The number of nitrogens with one attached hydrogen (secondary N) is 1. The standard InChI is InChI=1S/C17H16N2OS3/c1-11-15(23-17(19-11)14-4-3-9-22-14)16(20)18-10-12-5-7-13(21-2)8-6-12/h3-9H,10H2,1-2H3,(H,18,20). The minimum atomic E-state index is -0.0586. The summed E-state index contributed by atoms with van der Waals surface area (Å²) in [5.41, 5.74) is 1.88. The van der Waals surface area contributed by atoms with Gasteiger partial charge in [-0.3, -0.25) is 4.79 Å². The third kappa shape index (κ3) is 3.83. The normalized spacial score (nSPS) is 10.7. The molecule has 0 aliphatic rings. The zero-order valence-electron chi connectivity index (χ0n) is 12.8. The molecular formula is C17H16N2OS3. The number of carbonyl (C=O) groups excluding carboxylic acids is 1. The van der Waals surface area contributed by atoms with E-state index in [4.69, 9.17) is 0 Å². The summed E-state index contributed by atoms with van der Waals surface area (Å²) in [5.74, 6) is -0.0586. The highest BCUT2D eigenvalue weighted by Crippen LogP contribution is 2.31. The molecule has 0 aliphatic heterocycles. The molecular weight excluding hydrogens is 344 g/mol. The van der Waals surface area contributed by atoms with Crippen LogP contribution in [0, 0.1) is 6.92 Å². The van der Waals surface area contributed by atoms with Crippen molar-refractivity contribution < 1.29 is 4.79 Å². The van der Waals surface area contributed by atoms with Crippen molar-refractivity contribution in [2.45, 2.75) is 18.4 Å². The van der Waals surface area contributed by atoms with Crippen molar-refractivity contribution in [3.05, 3.63) is 57.9 Å². The molecule has 118 valence electrons. The largest absolute Gasteiger partial charge is 0.347 e. The highest BCUT2D eigenvalue weighted by atomic mass is 32.2. The first-order valence-corrected chi connectivity index (χ1v) is 10.0. The maximum absolute atomic E-state index is 12.4. The highest BCUT2D eigenvalue weighted by molar-refractivity contribution is 7.98. The van der Waals surface area contributed by atoms with Crippen LogP contribution < -0.4 is 5.32 Å². The van der Waals surface area contributed by atoms with Crippen molar-refractivity contribution in [1.82, 2.24) is 10.3 Å². The molecule has 0 bridgehead atoms. The molecule has 1 aromatic carbocycles. The van der Waals surface area contributed by atoms with Gasteiger partial charge in [-0.2, -0.15) is 0 Å². The molecule has 0 aliphatic carbocycles. The Morgan fingerprint density at radius 3 is 2.70 bits per heavy atom. The maximum atomic E-state index is 12.4. The van der Waals surface area contributed by atoms with Crippen molar-refractivity contribution in [1.29, 1.82) is 0 Å².